The molecule has 0 bridgehead atoms. The number of benzene rings is 1. The molecule has 10 heteroatoms. The summed E-state index contributed by atoms with van der Waals surface area (Å²) in [6.07, 6.45) is 0. The minimum atomic E-state index is -0.141. The van der Waals surface area contributed by atoms with Crippen LogP contribution in [0, 0.1) is 0 Å². The smallest absolute Gasteiger partial charge is 0.274 e. The molecule has 0 unspecified atom stereocenters. The Hall–Kier alpha value is -2.88. The summed E-state index contributed by atoms with van der Waals surface area (Å²) < 4.78 is 6.89. The maximum atomic E-state index is 12.5. The molecular formula is C21H23ClN6O2S. The van der Waals surface area contributed by atoms with E-state index in [2.05, 4.69) is 30.9 Å². The number of nitrogens with zero attached hydrogens (tertiary/aromatic N) is 5. The maximum absolute atomic E-state index is 12.5. The summed E-state index contributed by atoms with van der Waals surface area (Å²) in [4.78, 5) is 27.3. The molecule has 4 heterocycles. The Morgan fingerprint density at radius 2 is 1.90 bits per heavy atom. The van der Waals surface area contributed by atoms with E-state index in [1.807, 2.05) is 35.7 Å². The minimum absolute atomic E-state index is 0. The van der Waals surface area contributed by atoms with Crippen molar-refractivity contribution in [2.75, 3.05) is 38.2 Å². The van der Waals surface area contributed by atoms with Gasteiger partial charge in [0, 0.05) is 38.8 Å². The third-order valence-corrected chi connectivity index (χ3v) is 6.20. The number of hydrogen-bond acceptors (Lipinski definition) is 7. The number of aromatic nitrogens is 4. The topological polar surface area (TPSA) is 78.8 Å². The zero-order valence-corrected chi connectivity index (χ0v) is 18.7. The summed E-state index contributed by atoms with van der Waals surface area (Å²) in [6, 6.07) is 13.6. The van der Waals surface area contributed by atoms with Crippen LogP contribution >= 0.6 is 23.7 Å². The van der Waals surface area contributed by atoms with Crippen molar-refractivity contribution < 1.29 is 4.74 Å². The third kappa shape index (κ3) is 4.30. The number of anilines is 1. The summed E-state index contributed by atoms with van der Waals surface area (Å²) in [6.45, 7) is 4.20. The molecule has 0 amide bonds. The summed E-state index contributed by atoms with van der Waals surface area (Å²) in [5, 5.41) is 5.02. The van der Waals surface area contributed by atoms with Crippen LogP contribution in [0.3, 0.4) is 0 Å². The Kier molecular flexibility index (Phi) is 6.26. The summed E-state index contributed by atoms with van der Waals surface area (Å²) in [5.41, 5.74) is 1.73. The van der Waals surface area contributed by atoms with Gasteiger partial charge in [0.25, 0.3) is 11.3 Å². The number of hydrogen-bond donors (Lipinski definition) is 1. The van der Waals surface area contributed by atoms with Crippen molar-refractivity contribution in [1.29, 1.82) is 0 Å². The van der Waals surface area contributed by atoms with Crippen LogP contribution in [-0.2, 0) is 6.54 Å². The fraction of sp³-hybridized carbons (Fsp3) is 0.286. The van der Waals surface area contributed by atoms with Gasteiger partial charge in [-0.1, -0.05) is 18.2 Å². The van der Waals surface area contributed by atoms with Gasteiger partial charge in [0.05, 0.1) is 23.4 Å². The SMILES string of the molecule is COc1ccccc1N1CCN(Cc2cc(=O)n3[nH]c(-c4cccs4)nc3n2)CC1.Cl. The Labute approximate surface area is 189 Å². The molecule has 0 aliphatic carbocycles. The van der Waals surface area contributed by atoms with Crippen molar-refractivity contribution in [2.45, 2.75) is 6.54 Å². The molecule has 3 aromatic heterocycles. The fourth-order valence-electron chi connectivity index (χ4n) is 3.80. The molecule has 162 valence electrons. The first kappa shape index (κ1) is 21.4. The Bertz CT molecular complexity index is 1210. The molecular weight excluding hydrogens is 436 g/mol. The highest BCUT2D eigenvalue weighted by Gasteiger charge is 2.20. The van der Waals surface area contributed by atoms with Gasteiger partial charge in [-0.2, -0.15) is 9.50 Å². The largest absolute Gasteiger partial charge is 0.495 e. The Morgan fingerprint density at radius 1 is 1.10 bits per heavy atom. The Morgan fingerprint density at radius 3 is 2.65 bits per heavy atom. The monoisotopic (exact) mass is 458 g/mol. The second kappa shape index (κ2) is 9.09. The summed E-state index contributed by atoms with van der Waals surface area (Å²) in [5.74, 6) is 1.97. The lowest BCUT2D eigenvalue weighted by Gasteiger charge is -2.36. The van der Waals surface area contributed by atoms with Gasteiger partial charge in [0.15, 0.2) is 5.82 Å². The summed E-state index contributed by atoms with van der Waals surface area (Å²) in [7, 11) is 1.70. The number of para-hydroxylation sites is 2. The predicted molar refractivity (Wildman–Crippen MR) is 125 cm³/mol. The van der Waals surface area contributed by atoms with Gasteiger partial charge in [-0.25, -0.2) is 4.98 Å². The molecule has 1 aromatic carbocycles. The van der Waals surface area contributed by atoms with E-state index in [1.165, 1.54) is 4.52 Å². The minimum Gasteiger partial charge on any atom is -0.495 e. The van der Waals surface area contributed by atoms with Gasteiger partial charge in [-0.05, 0) is 23.6 Å². The van der Waals surface area contributed by atoms with Crippen LogP contribution in [0.25, 0.3) is 16.5 Å². The fourth-order valence-corrected chi connectivity index (χ4v) is 4.46. The van der Waals surface area contributed by atoms with E-state index >= 15 is 0 Å². The van der Waals surface area contributed by atoms with Gasteiger partial charge in [-0.3, -0.25) is 14.8 Å². The van der Waals surface area contributed by atoms with Gasteiger partial charge in [0.2, 0.25) is 0 Å². The van der Waals surface area contributed by atoms with E-state index in [4.69, 9.17) is 4.74 Å². The lowest BCUT2D eigenvalue weighted by Crippen LogP contribution is -2.46. The van der Waals surface area contributed by atoms with Gasteiger partial charge < -0.3 is 9.64 Å². The number of ether oxygens (including phenoxy) is 1. The van der Waals surface area contributed by atoms with Gasteiger partial charge >= 0.3 is 0 Å². The molecule has 1 aliphatic heterocycles. The van der Waals surface area contributed by atoms with E-state index in [-0.39, 0.29) is 18.0 Å². The highest BCUT2D eigenvalue weighted by molar-refractivity contribution is 7.13. The number of piperazine rings is 1. The van der Waals surface area contributed by atoms with Crippen molar-refractivity contribution in [1.82, 2.24) is 24.5 Å². The first-order valence-corrected chi connectivity index (χ1v) is 10.7. The normalized spacial score (nSPS) is 14.5. The molecule has 1 aliphatic rings. The number of aromatic amines is 1. The molecule has 31 heavy (non-hydrogen) atoms. The van der Waals surface area contributed by atoms with Crippen LogP contribution in [0.15, 0.2) is 52.6 Å². The van der Waals surface area contributed by atoms with Crippen molar-refractivity contribution in [2.24, 2.45) is 0 Å². The number of methoxy groups -OCH3 is 1. The molecule has 4 aromatic rings. The molecule has 1 N–H and O–H groups in total. The van der Waals surface area contributed by atoms with Crippen LogP contribution in [0.5, 0.6) is 5.75 Å². The molecule has 1 saturated heterocycles. The second-order valence-electron chi connectivity index (χ2n) is 7.21. The van der Waals surface area contributed by atoms with Crippen molar-refractivity contribution in [3.63, 3.8) is 0 Å². The number of fused-ring (bicyclic) bond motifs is 1. The van der Waals surface area contributed by atoms with E-state index in [1.54, 1.807) is 24.5 Å². The van der Waals surface area contributed by atoms with Crippen molar-refractivity contribution in [3.8, 4) is 16.5 Å². The number of halogens is 1. The maximum Gasteiger partial charge on any atom is 0.274 e. The standard InChI is InChI=1S/C21H22N6O2S.ClH/c1-29-17-6-3-2-5-16(17)26-10-8-25(9-11-26)14-15-13-19(28)27-21(22-15)23-20(24-27)18-7-4-12-30-18;/h2-7,12-13H,8-11,14H2,1H3,(H,22,23,24);1H. The lowest BCUT2D eigenvalue weighted by atomic mass is 10.2. The summed E-state index contributed by atoms with van der Waals surface area (Å²) >= 11 is 1.57. The van der Waals surface area contributed by atoms with Crippen LogP contribution in [0.1, 0.15) is 5.69 Å². The highest BCUT2D eigenvalue weighted by atomic mass is 35.5. The zero-order valence-electron chi connectivity index (χ0n) is 17.0. The van der Waals surface area contributed by atoms with E-state index in [9.17, 15) is 4.79 Å². The molecule has 5 rings (SSSR count). The average Bonchev–Trinajstić information content (AvgIpc) is 3.44. The molecule has 0 atom stereocenters. The number of thiophene rings is 1. The molecule has 0 saturated carbocycles. The van der Waals surface area contributed by atoms with E-state index < -0.39 is 0 Å². The molecule has 0 spiro atoms. The second-order valence-corrected chi connectivity index (χ2v) is 8.15. The van der Waals surface area contributed by atoms with E-state index in [0.29, 0.717) is 18.1 Å². The first-order valence-electron chi connectivity index (χ1n) is 9.84. The molecule has 8 nitrogen and oxygen atoms in total. The third-order valence-electron chi connectivity index (χ3n) is 5.32. The van der Waals surface area contributed by atoms with Crippen LogP contribution in [0.2, 0.25) is 0 Å². The van der Waals surface area contributed by atoms with E-state index in [0.717, 1.165) is 48.2 Å². The number of H-pyrrole nitrogens is 1. The van der Waals surface area contributed by atoms with Crippen LogP contribution in [-0.4, -0.2) is 57.8 Å². The molecule has 1 fully saturated rings. The first-order chi connectivity index (χ1) is 14.7. The zero-order chi connectivity index (χ0) is 20.5. The number of rotatable bonds is 5. The van der Waals surface area contributed by atoms with Crippen molar-refractivity contribution >= 4 is 35.2 Å². The van der Waals surface area contributed by atoms with Crippen LogP contribution < -0.4 is 15.2 Å². The average molecular weight is 459 g/mol. The highest BCUT2D eigenvalue weighted by Crippen LogP contribution is 2.28. The van der Waals surface area contributed by atoms with Gasteiger partial charge in [-0.15, -0.1) is 23.7 Å². The predicted octanol–water partition coefficient (Wildman–Crippen LogP) is 2.90. The Balaban J connectivity index is 0.00000231. The van der Waals surface area contributed by atoms with Crippen LogP contribution in [0.4, 0.5) is 5.69 Å². The lowest BCUT2D eigenvalue weighted by molar-refractivity contribution is 0.246. The molecule has 0 radical (unpaired) electrons. The van der Waals surface area contributed by atoms with Gasteiger partial charge in [0.1, 0.15) is 5.75 Å². The number of nitrogens with one attached hydrogen (secondary N) is 1. The van der Waals surface area contributed by atoms with Crippen molar-refractivity contribution in [3.05, 3.63) is 63.9 Å². The quantitative estimate of drug-likeness (QED) is 0.495.